The summed E-state index contributed by atoms with van der Waals surface area (Å²) in [6.45, 7) is 4.79. The van der Waals surface area contributed by atoms with Crippen LogP contribution in [0.25, 0.3) is 0 Å². The Labute approximate surface area is 126 Å². The highest BCUT2D eigenvalue weighted by Gasteiger charge is 2.22. The third-order valence-electron chi connectivity index (χ3n) is 4.13. The Morgan fingerprint density at radius 1 is 1.35 bits per heavy atom. The minimum absolute atomic E-state index is 0.00834. The number of methoxy groups -OCH3 is 1. The maximum absolute atomic E-state index is 6.24. The van der Waals surface area contributed by atoms with E-state index in [0.717, 1.165) is 43.2 Å². The smallest absolute Gasteiger partial charge is 0.0959 e. The van der Waals surface area contributed by atoms with Crippen molar-refractivity contribution in [1.29, 1.82) is 0 Å². The first-order valence-corrected chi connectivity index (χ1v) is 7.68. The summed E-state index contributed by atoms with van der Waals surface area (Å²) in [6, 6.07) is 8.34. The zero-order chi connectivity index (χ0) is 14.4. The molecule has 0 spiro atoms. The lowest BCUT2D eigenvalue weighted by Crippen LogP contribution is -2.39. The van der Waals surface area contributed by atoms with E-state index in [1.54, 1.807) is 7.11 Å². The van der Waals surface area contributed by atoms with Gasteiger partial charge < -0.3 is 14.8 Å². The van der Waals surface area contributed by atoms with Crippen molar-refractivity contribution in [3.63, 3.8) is 0 Å². The van der Waals surface area contributed by atoms with E-state index in [9.17, 15) is 0 Å². The summed E-state index contributed by atoms with van der Waals surface area (Å²) < 4.78 is 11.0. The molecule has 1 saturated heterocycles. The molecule has 0 radical (unpaired) electrons. The van der Waals surface area contributed by atoms with Crippen molar-refractivity contribution in [1.82, 2.24) is 5.32 Å². The monoisotopic (exact) mass is 297 g/mol. The average Bonchev–Trinajstić information content (AvgIpc) is 2.50. The Hall–Kier alpha value is -0.610. The molecule has 1 aromatic rings. The maximum Gasteiger partial charge on any atom is 0.0959 e. The van der Waals surface area contributed by atoms with E-state index in [-0.39, 0.29) is 6.10 Å². The van der Waals surface area contributed by atoms with E-state index in [1.807, 2.05) is 24.3 Å². The van der Waals surface area contributed by atoms with Gasteiger partial charge in [0.1, 0.15) is 0 Å². The summed E-state index contributed by atoms with van der Waals surface area (Å²) in [7, 11) is 1.73. The lowest BCUT2D eigenvalue weighted by molar-refractivity contribution is 0.0506. The lowest BCUT2D eigenvalue weighted by atomic mass is 9.93. The van der Waals surface area contributed by atoms with E-state index < -0.39 is 0 Å². The van der Waals surface area contributed by atoms with Gasteiger partial charge in [0.25, 0.3) is 0 Å². The maximum atomic E-state index is 6.24. The first-order valence-electron chi connectivity index (χ1n) is 7.30. The first-order chi connectivity index (χ1) is 9.72. The van der Waals surface area contributed by atoms with Crippen LogP contribution in [0.4, 0.5) is 0 Å². The van der Waals surface area contributed by atoms with E-state index >= 15 is 0 Å². The molecule has 0 aromatic heterocycles. The second-order valence-electron chi connectivity index (χ2n) is 5.39. The standard InChI is InChI=1S/C16H24ClNO2/c1-12(13-7-9-20-10-8-13)18-11-16(19-2)14-5-3-4-6-15(14)17/h3-6,12-13,16,18H,7-11H2,1-2H3/t12-,16-/m1/s1. The van der Waals surface area contributed by atoms with Gasteiger partial charge in [-0.1, -0.05) is 29.8 Å². The highest BCUT2D eigenvalue weighted by molar-refractivity contribution is 6.31. The minimum atomic E-state index is -0.00834. The molecular formula is C16H24ClNO2. The molecule has 1 aliphatic rings. The molecule has 2 rings (SSSR count). The van der Waals surface area contributed by atoms with Crippen LogP contribution in [0.5, 0.6) is 0 Å². The van der Waals surface area contributed by atoms with Gasteiger partial charge in [-0.25, -0.2) is 0 Å². The van der Waals surface area contributed by atoms with E-state index in [4.69, 9.17) is 21.1 Å². The Balaban J connectivity index is 1.89. The summed E-state index contributed by atoms with van der Waals surface area (Å²) in [5, 5.41) is 4.35. The first kappa shape index (κ1) is 15.8. The molecule has 0 amide bonds. The summed E-state index contributed by atoms with van der Waals surface area (Å²) >= 11 is 6.24. The predicted molar refractivity (Wildman–Crippen MR) is 82.2 cm³/mol. The molecule has 4 heteroatoms. The Kier molecular flexibility index (Phi) is 6.30. The number of nitrogens with one attached hydrogen (secondary N) is 1. The second-order valence-corrected chi connectivity index (χ2v) is 5.80. The molecule has 1 N–H and O–H groups in total. The van der Waals surface area contributed by atoms with Crippen LogP contribution in [0.3, 0.4) is 0 Å². The summed E-state index contributed by atoms with van der Waals surface area (Å²) in [6.07, 6.45) is 2.27. The highest BCUT2D eigenvalue weighted by Crippen LogP contribution is 2.25. The SMILES string of the molecule is CO[C@H](CN[C@H](C)C1CCOCC1)c1ccccc1Cl. The van der Waals surface area contributed by atoms with Gasteiger partial charge in [-0.3, -0.25) is 0 Å². The van der Waals surface area contributed by atoms with Gasteiger partial charge in [0.2, 0.25) is 0 Å². The molecule has 0 aliphatic carbocycles. The molecule has 112 valence electrons. The molecule has 0 bridgehead atoms. The quantitative estimate of drug-likeness (QED) is 0.872. The summed E-state index contributed by atoms with van der Waals surface area (Å²) in [4.78, 5) is 0. The van der Waals surface area contributed by atoms with Crippen molar-refractivity contribution >= 4 is 11.6 Å². The number of hydrogen-bond donors (Lipinski definition) is 1. The number of halogens is 1. The van der Waals surface area contributed by atoms with Crippen molar-refractivity contribution in [3.8, 4) is 0 Å². The van der Waals surface area contributed by atoms with Gasteiger partial charge in [-0.2, -0.15) is 0 Å². The highest BCUT2D eigenvalue weighted by atomic mass is 35.5. The molecule has 0 saturated carbocycles. The largest absolute Gasteiger partial charge is 0.381 e. The van der Waals surface area contributed by atoms with Crippen LogP contribution in [0.1, 0.15) is 31.4 Å². The molecule has 3 nitrogen and oxygen atoms in total. The topological polar surface area (TPSA) is 30.5 Å². The molecule has 1 aliphatic heterocycles. The number of benzene rings is 1. The number of rotatable bonds is 6. The van der Waals surface area contributed by atoms with E-state index in [2.05, 4.69) is 12.2 Å². The molecule has 20 heavy (non-hydrogen) atoms. The molecule has 1 aromatic carbocycles. The van der Waals surface area contributed by atoms with Gasteiger partial charge in [-0.05, 0) is 31.7 Å². The van der Waals surface area contributed by atoms with E-state index in [0.29, 0.717) is 12.0 Å². The average molecular weight is 298 g/mol. The van der Waals surface area contributed by atoms with Gasteiger partial charge in [0, 0.05) is 43.5 Å². The Bertz CT molecular complexity index is 407. The van der Waals surface area contributed by atoms with Crippen LogP contribution in [0.2, 0.25) is 5.02 Å². The van der Waals surface area contributed by atoms with Gasteiger partial charge >= 0.3 is 0 Å². The normalized spacial score (nSPS) is 19.8. The Morgan fingerprint density at radius 2 is 2.05 bits per heavy atom. The zero-order valence-electron chi connectivity index (χ0n) is 12.3. The van der Waals surface area contributed by atoms with Crippen LogP contribution in [0.15, 0.2) is 24.3 Å². The van der Waals surface area contributed by atoms with Crippen molar-refractivity contribution in [2.24, 2.45) is 5.92 Å². The lowest BCUT2D eigenvalue weighted by Gasteiger charge is -2.30. The van der Waals surface area contributed by atoms with E-state index in [1.165, 1.54) is 0 Å². The molecule has 1 fully saturated rings. The third-order valence-corrected chi connectivity index (χ3v) is 4.48. The van der Waals surface area contributed by atoms with Crippen molar-refractivity contribution in [3.05, 3.63) is 34.9 Å². The van der Waals surface area contributed by atoms with Crippen LogP contribution in [-0.2, 0) is 9.47 Å². The molecular weight excluding hydrogens is 274 g/mol. The molecule has 0 unspecified atom stereocenters. The fraction of sp³-hybridized carbons (Fsp3) is 0.625. The summed E-state index contributed by atoms with van der Waals surface area (Å²) in [5.74, 6) is 0.688. The number of ether oxygens (including phenoxy) is 2. The predicted octanol–water partition coefficient (Wildman–Crippen LogP) is 3.43. The third kappa shape index (κ3) is 4.19. The van der Waals surface area contributed by atoms with Gasteiger partial charge in [-0.15, -0.1) is 0 Å². The van der Waals surface area contributed by atoms with Crippen molar-refractivity contribution < 1.29 is 9.47 Å². The fourth-order valence-electron chi connectivity index (χ4n) is 2.73. The second kappa shape index (κ2) is 7.99. The van der Waals surface area contributed by atoms with Crippen LogP contribution in [-0.4, -0.2) is 32.9 Å². The zero-order valence-corrected chi connectivity index (χ0v) is 13.0. The molecule has 1 heterocycles. The Morgan fingerprint density at radius 3 is 2.70 bits per heavy atom. The van der Waals surface area contributed by atoms with Gasteiger partial charge in [0.05, 0.1) is 6.10 Å². The fourth-order valence-corrected chi connectivity index (χ4v) is 2.99. The van der Waals surface area contributed by atoms with Crippen molar-refractivity contribution in [2.75, 3.05) is 26.9 Å². The van der Waals surface area contributed by atoms with Crippen LogP contribution >= 0.6 is 11.6 Å². The molecule has 2 atom stereocenters. The summed E-state index contributed by atoms with van der Waals surface area (Å²) in [5.41, 5.74) is 1.04. The minimum Gasteiger partial charge on any atom is -0.381 e. The van der Waals surface area contributed by atoms with Crippen molar-refractivity contribution in [2.45, 2.75) is 31.9 Å². The van der Waals surface area contributed by atoms with Crippen LogP contribution < -0.4 is 5.32 Å². The number of hydrogen-bond acceptors (Lipinski definition) is 3. The van der Waals surface area contributed by atoms with Crippen LogP contribution in [0, 0.1) is 5.92 Å². The van der Waals surface area contributed by atoms with Gasteiger partial charge in [0.15, 0.2) is 0 Å².